The number of aryl methyl sites for hydroxylation is 1. The minimum atomic E-state index is -0.167. The van der Waals surface area contributed by atoms with E-state index in [1.54, 1.807) is 12.3 Å². The third kappa shape index (κ3) is 1.68. The molecule has 88 valence electrons. The van der Waals surface area contributed by atoms with Crippen LogP contribution in [0, 0.1) is 6.92 Å². The van der Waals surface area contributed by atoms with Crippen molar-refractivity contribution in [1.82, 2.24) is 15.2 Å². The van der Waals surface area contributed by atoms with Gasteiger partial charge in [-0.2, -0.15) is 5.10 Å². The fourth-order valence-electron chi connectivity index (χ4n) is 2.03. The number of fused-ring (bicyclic) bond motifs is 1. The third-order valence-electron chi connectivity index (χ3n) is 2.87. The van der Waals surface area contributed by atoms with Gasteiger partial charge in [-0.05, 0) is 25.1 Å². The predicted molar refractivity (Wildman–Crippen MR) is 70.3 cm³/mol. The number of nitrogens with one attached hydrogen (secondary N) is 1. The molecule has 0 unspecified atom stereocenters. The highest BCUT2D eigenvalue weighted by Crippen LogP contribution is 2.23. The molecule has 0 saturated carbocycles. The SMILES string of the molecule is Cc1cc(-c2n[nH]c(=O)c3ccccc23)ccn1. The maximum Gasteiger partial charge on any atom is 0.272 e. The Morgan fingerprint density at radius 2 is 1.89 bits per heavy atom. The number of H-pyrrole nitrogens is 1. The molecule has 0 amide bonds. The number of benzene rings is 1. The second-order valence-electron chi connectivity index (χ2n) is 4.13. The van der Waals surface area contributed by atoms with Gasteiger partial charge in [-0.1, -0.05) is 18.2 Å². The summed E-state index contributed by atoms with van der Waals surface area (Å²) in [5.74, 6) is 0. The smallest absolute Gasteiger partial charge is 0.267 e. The molecule has 4 nitrogen and oxygen atoms in total. The van der Waals surface area contributed by atoms with Crippen molar-refractivity contribution in [3.05, 3.63) is 58.6 Å². The van der Waals surface area contributed by atoms with Crippen molar-refractivity contribution in [1.29, 1.82) is 0 Å². The number of hydrogen-bond donors (Lipinski definition) is 1. The highest BCUT2D eigenvalue weighted by atomic mass is 16.1. The molecule has 0 aliphatic heterocycles. The average Bonchev–Trinajstić information content (AvgIpc) is 2.39. The van der Waals surface area contributed by atoms with Gasteiger partial charge in [-0.15, -0.1) is 0 Å². The topological polar surface area (TPSA) is 58.6 Å². The summed E-state index contributed by atoms with van der Waals surface area (Å²) >= 11 is 0. The van der Waals surface area contributed by atoms with E-state index in [-0.39, 0.29) is 5.56 Å². The van der Waals surface area contributed by atoms with Crippen LogP contribution in [0.2, 0.25) is 0 Å². The van der Waals surface area contributed by atoms with Gasteiger partial charge in [-0.25, -0.2) is 5.10 Å². The van der Waals surface area contributed by atoms with E-state index in [2.05, 4.69) is 15.2 Å². The van der Waals surface area contributed by atoms with E-state index < -0.39 is 0 Å². The van der Waals surface area contributed by atoms with Gasteiger partial charge in [0, 0.05) is 22.8 Å². The molecule has 3 aromatic rings. The fourth-order valence-corrected chi connectivity index (χ4v) is 2.03. The first-order valence-corrected chi connectivity index (χ1v) is 5.66. The lowest BCUT2D eigenvalue weighted by molar-refractivity contribution is 1.01. The summed E-state index contributed by atoms with van der Waals surface area (Å²) in [5.41, 5.74) is 2.48. The Morgan fingerprint density at radius 1 is 1.11 bits per heavy atom. The highest BCUT2D eigenvalue weighted by molar-refractivity contribution is 5.93. The monoisotopic (exact) mass is 237 g/mol. The van der Waals surface area contributed by atoms with Gasteiger partial charge in [-0.3, -0.25) is 9.78 Å². The summed E-state index contributed by atoms with van der Waals surface area (Å²) in [6.45, 7) is 1.93. The van der Waals surface area contributed by atoms with Crippen LogP contribution in [0.25, 0.3) is 22.0 Å². The Labute approximate surface area is 103 Å². The molecule has 0 fully saturated rings. The maximum absolute atomic E-state index is 11.7. The van der Waals surface area contributed by atoms with Crippen LogP contribution in [0.1, 0.15) is 5.69 Å². The Morgan fingerprint density at radius 3 is 2.67 bits per heavy atom. The van der Waals surface area contributed by atoms with Crippen molar-refractivity contribution in [2.45, 2.75) is 6.92 Å². The number of hydrogen-bond acceptors (Lipinski definition) is 3. The largest absolute Gasteiger partial charge is 0.272 e. The summed E-state index contributed by atoms with van der Waals surface area (Å²) in [6.07, 6.45) is 1.74. The summed E-state index contributed by atoms with van der Waals surface area (Å²) in [5, 5.41) is 8.19. The van der Waals surface area contributed by atoms with E-state index >= 15 is 0 Å². The molecule has 0 radical (unpaired) electrons. The number of aromatic amines is 1. The van der Waals surface area contributed by atoms with Crippen LogP contribution < -0.4 is 5.56 Å². The van der Waals surface area contributed by atoms with Gasteiger partial charge in [0.15, 0.2) is 0 Å². The molecule has 4 heteroatoms. The fraction of sp³-hybridized carbons (Fsp3) is 0.0714. The molecule has 0 saturated heterocycles. The first kappa shape index (κ1) is 10.7. The second-order valence-corrected chi connectivity index (χ2v) is 4.13. The zero-order valence-corrected chi connectivity index (χ0v) is 9.84. The van der Waals surface area contributed by atoms with Crippen molar-refractivity contribution in [2.75, 3.05) is 0 Å². The quantitative estimate of drug-likeness (QED) is 0.706. The number of nitrogens with zero attached hydrogens (tertiary/aromatic N) is 2. The van der Waals surface area contributed by atoms with Crippen LogP contribution in [-0.2, 0) is 0 Å². The van der Waals surface area contributed by atoms with E-state index in [4.69, 9.17) is 0 Å². The molecule has 3 rings (SSSR count). The minimum Gasteiger partial charge on any atom is -0.267 e. The van der Waals surface area contributed by atoms with Gasteiger partial charge < -0.3 is 0 Å². The molecule has 0 aliphatic carbocycles. The average molecular weight is 237 g/mol. The van der Waals surface area contributed by atoms with E-state index in [0.717, 1.165) is 22.3 Å². The normalized spacial score (nSPS) is 10.7. The van der Waals surface area contributed by atoms with Crippen LogP contribution in [0.5, 0.6) is 0 Å². The molecule has 1 N–H and O–H groups in total. The van der Waals surface area contributed by atoms with E-state index in [9.17, 15) is 4.79 Å². The van der Waals surface area contributed by atoms with Crippen LogP contribution in [0.3, 0.4) is 0 Å². The zero-order valence-electron chi connectivity index (χ0n) is 9.84. The van der Waals surface area contributed by atoms with Crippen molar-refractivity contribution >= 4 is 10.8 Å². The van der Waals surface area contributed by atoms with Gasteiger partial charge in [0.1, 0.15) is 0 Å². The van der Waals surface area contributed by atoms with Crippen LogP contribution in [0.15, 0.2) is 47.4 Å². The second kappa shape index (κ2) is 4.07. The Kier molecular flexibility index (Phi) is 2.41. The van der Waals surface area contributed by atoms with E-state index in [1.807, 2.05) is 37.3 Å². The van der Waals surface area contributed by atoms with Crippen LogP contribution in [0.4, 0.5) is 0 Å². The zero-order chi connectivity index (χ0) is 12.5. The number of rotatable bonds is 1. The minimum absolute atomic E-state index is 0.167. The number of pyridine rings is 1. The lowest BCUT2D eigenvalue weighted by Gasteiger charge is -2.05. The molecular formula is C14H11N3O. The Hall–Kier alpha value is -2.49. The molecular weight excluding hydrogens is 226 g/mol. The lowest BCUT2D eigenvalue weighted by atomic mass is 10.1. The molecule has 18 heavy (non-hydrogen) atoms. The summed E-state index contributed by atoms with van der Waals surface area (Å²) < 4.78 is 0. The molecule has 0 bridgehead atoms. The first-order chi connectivity index (χ1) is 8.75. The van der Waals surface area contributed by atoms with Crippen molar-refractivity contribution in [3.63, 3.8) is 0 Å². The van der Waals surface area contributed by atoms with Gasteiger partial charge in [0.25, 0.3) is 5.56 Å². The molecule has 0 atom stereocenters. The van der Waals surface area contributed by atoms with Crippen molar-refractivity contribution in [3.8, 4) is 11.3 Å². The highest BCUT2D eigenvalue weighted by Gasteiger charge is 2.08. The molecule has 0 spiro atoms. The molecule has 1 aromatic carbocycles. The number of aromatic nitrogens is 3. The Balaban J connectivity index is 2.37. The van der Waals surface area contributed by atoms with Gasteiger partial charge >= 0.3 is 0 Å². The maximum atomic E-state index is 11.7. The summed E-state index contributed by atoms with van der Waals surface area (Å²) in [6, 6.07) is 11.3. The van der Waals surface area contributed by atoms with Crippen molar-refractivity contribution in [2.24, 2.45) is 0 Å². The Bertz CT molecular complexity index is 777. The van der Waals surface area contributed by atoms with Gasteiger partial charge in [0.2, 0.25) is 0 Å². The standard InChI is InChI=1S/C14H11N3O/c1-9-8-10(6-7-15-9)13-11-4-2-3-5-12(11)14(18)17-16-13/h2-8H,1H3,(H,17,18). The third-order valence-corrected chi connectivity index (χ3v) is 2.87. The summed E-state index contributed by atoms with van der Waals surface area (Å²) in [7, 11) is 0. The first-order valence-electron chi connectivity index (χ1n) is 5.66. The van der Waals surface area contributed by atoms with Gasteiger partial charge in [0.05, 0.1) is 11.1 Å². The van der Waals surface area contributed by atoms with Crippen LogP contribution >= 0.6 is 0 Å². The lowest BCUT2D eigenvalue weighted by Crippen LogP contribution is -2.09. The molecule has 2 aromatic heterocycles. The molecule has 2 heterocycles. The van der Waals surface area contributed by atoms with E-state index in [1.165, 1.54) is 0 Å². The van der Waals surface area contributed by atoms with E-state index in [0.29, 0.717) is 5.39 Å². The van der Waals surface area contributed by atoms with Crippen LogP contribution in [-0.4, -0.2) is 15.2 Å². The predicted octanol–water partition coefficient (Wildman–Crippen LogP) is 2.29. The van der Waals surface area contributed by atoms with Crippen molar-refractivity contribution < 1.29 is 0 Å². The molecule has 0 aliphatic rings. The summed E-state index contributed by atoms with van der Waals surface area (Å²) in [4.78, 5) is 15.9.